The summed E-state index contributed by atoms with van der Waals surface area (Å²) in [5, 5.41) is 25.8. The van der Waals surface area contributed by atoms with Crippen LogP contribution >= 0.6 is 0 Å². The number of hydrogen-bond acceptors (Lipinski definition) is 6. The van der Waals surface area contributed by atoms with Gasteiger partial charge in [0.1, 0.15) is 12.4 Å². The fraction of sp³-hybridized carbons (Fsp3) is 0.871. The van der Waals surface area contributed by atoms with E-state index < -0.39 is 17.9 Å². The summed E-state index contributed by atoms with van der Waals surface area (Å²) < 4.78 is 12.3. The monoisotopic (exact) mass is 762 g/mol. The molecule has 39 heavy (non-hydrogen) atoms. The second-order valence-electron chi connectivity index (χ2n) is 14.0. The number of nitrogens with one attached hydrogen (secondary N) is 1. The van der Waals surface area contributed by atoms with Crippen LogP contribution in [0.1, 0.15) is 89.0 Å². The number of allylic oxidation sites excluding steroid dienone is 1. The first-order valence-corrected chi connectivity index (χ1v) is 14.4. The van der Waals surface area contributed by atoms with Crippen molar-refractivity contribution >= 4 is 12.7 Å². The quantitative estimate of drug-likeness (QED) is 0.288. The van der Waals surface area contributed by atoms with E-state index in [-0.39, 0.29) is 90.3 Å². The van der Waals surface area contributed by atoms with Crippen molar-refractivity contribution in [2.75, 3.05) is 6.61 Å². The van der Waals surface area contributed by atoms with Crippen LogP contribution in [0.25, 0.3) is 0 Å². The average Bonchev–Trinajstić information content (AvgIpc) is 2.83. The van der Waals surface area contributed by atoms with Crippen molar-refractivity contribution < 1.29 is 73.3 Å². The van der Waals surface area contributed by atoms with Gasteiger partial charge < -0.3 is 29.8 Å². The third kappa shape index (κ3) is 5.18. The van der Waals surface area contributed by atoms with Gasteiger partial charge in [0.15, 0.2) is 6.29 Å². The van der Waals surface area contributed by atoms with Crippen molar-refractivity contribution in [2.24, 2.45) is 45.8 Å². The zero-order chi connectivity index (χ0) is 29.2. The van der Waals surface area contributed by atoms with Gasteiger partial charge in [0, 0.05) is 56.9 Å². The predicted molar refractivity (Wildman–Crippen MR) is 148 cm³/mol. The normalized spacial score (nSPS) is 45.8. The van der Waals surface area contributed by atoms with Crippen LogP contribution in [0, 0.1) is 89.9 Å². The number of aliphatic hydroxyl groups excluding tert-OH is 1. The first-order chi connectivity index (χ1) is 17.4. The zero-order valence-corrected chi connectivity index (χ0v) is 30.9. The Morgan fingerprint density at radius 3 is 2.18 bits per heavy atom. The zero-order valence-electron chi connectivity index (χ0n) is 26.1. The number of carbonyl (C=O) groups excluding carboxylic acids is 2. The van der Waals surface area contributed by atoms with E-state index in [1.165, 1.54) is 18.1 Å². The molecule has 0 aromatic rings. The molecular formula is C31H53AcNO6. The van der Waals surface area contributed by atoms with Crippen LogP contribution in [0.5, 0.6) is 0 Å². The predicted octanol–water partition coefficient (Wildman–Crippen LogP) is 4.50. The molecule has 2 saturated carbocycles. The molecule has 4 aliphatic rings. The van der Waals surface area contributed by atoms with E-state index in [1.54, 1.807) is 6.92 Å². The Morgan fingerprint density at radius 1 is 1.13 bits per heavy atom. The molecule has 12 unspecified atom stereocenters. The number of carbonyl (C=O) groups is 2. The van der Waals surface area contributed by atoms with E-state index in [2.05, 4.69) is 67.6 Å². The molecule has 1 radical (unpaired) electrons. The number of amides is 1. The Balaban J connectivity index is 0.00000174. The molecule has 1 aliphatic heterocycles. The van der Waals surface area contributed by atoms with Gasteiger partial charge in [-0.2, -0.15) is 0 Å². The molecule has 3 aliphatic carbocycles. The SMILES string of the molecule is C=O.CC(=O)NC(C)C(O)OC1CC2(C)C(C)C3C4(O)COC4CC(C)C3(C)C(C)C(C)C(=C1C)C2(C)C.[Ac]. The summed E-state index contributed by atoms with van der Waals surface area (Å²) >= 11 is 0. The Hall–Kier alpha value is 0.162. The van der Waals surface area contributed by atoms with Gasteiger partial charge in [-0.1, -0.05) is 61.0 Å². The van der Waals surface area contributed by atoms with Crippen molar-refractivity contribution in [1.82, 2.24) is 5.32 Å². The third-order valence-electron chi connectivity index (χ3n) is 12.4. The summed E-state index contributed by atoms with van der Waals surface area (Å²) in [5.74, 6) is 1.19. The molecule has 0 aromatic carbocycles. The topological polar surface area (TPSA) is 105 Å². The van der Waals surface area contributed by atoms with Crippen LogP contribution in [0.2, 0.25) is 0 Å². The summed E-state index contributed by atoms with van der Waals surface area (Å²) in [4.78, 5) is 19.6. The fourth-order valence-electron chi connectivity index (χ4n) is 9.49. The molecular weight excluding hydrogens is 709 g/mol. The summed E-state index contributed by atoms with van der Waals surface area (Å²) in [6.45, 7) is 26.9. The molecule has 12 atom stereocenters. The van der Waals surface area contributed by atoms with Crippen molar-refractivity contribution in [1.29, 1.82) is 0 Å². The number of aliphatic hydroxyl groups is 2. The van der Waals surface area contributed by atoms with Crippen molar-refractivity contribution in [3.05, 3.63) is 11.1 Å². The number of ether oxygens (including phenoxy) is 2. The van der Waals surface area contributed by atoms with Gasteiger partial charge in [0.05, 0.1) is 24.9 Å². The summed E-state index contributed by atoms with van der Waals surface area (Å²) in [6, 6.07) is -0.502. The first kappa shape index (κ1) is 35.4. The van der Waals surface area contributed by atoms with Gasteiger partial charge in [-0.3, -0.25) is 4.79 Å². The van der Waals surface area contributed by atoms with E-state index >= 15 is 0 Å². The minimum atomic E-state index is -1.10. The molecule has 0 spiro atoms. The van der Waals surface area contributed by atoms with Crippen LogP contribution in [0.4, 0.5) is 0 Å². The summed E-state index contributed by atoms with van der Waals surface area (Å²) in [6.07, 6.45) is 0.221. The molecule has 3 N–H and O–H groups in total. The van der Waals surface area contributed by atoms with Gasteiger partial charge in [0.2, 0.25) is 5.91 Å². The molecule has 1 saturated heterocycles. The maximum absolute atomic E-state index is 12.2. The molecule has 4 rings (SSSR count). The Labute approximate surface area is 272 Å². The van der Waals surface area contributed by atoms with E-state index in [1.807, 2.05) is 6.79 Å². The number of rotatable bonds is 4. The van der Waals surface area contributed by atoms with Crippen LogP contribution in [0.15, 0.2) is 11.1 Å². The van der Waals surface area contributed by atoms with Crippen LogP contribution < -0.4 is 5.32 Å². The van der Waals surface area contributed by atoms with Crippen molar-refractivity contribution in [3.63, 3.8) is 0 Å². The van der Waals surface area contributed by atoms with Crippen molar-refractivity contribution in [2.45, 2.75) is 119 Å². The van der Waals surface area contributed by atoms with E-state index in [9.17, 15) is 15.0 Å². The minimum absolute atomic E-state index is 0. The van der Waals surface area contributed by atoms with Gasteiger partial charge in [-0.25, -0.2) is 0 Å². The Morgan fingerprint density at radius 2 is 1.69 bits per heavy atom. The van der Waals surface area contributed by atoms with Gasteiger partial charge in [0.25, 0.3) is 0 Å². The molecule has 221 valence electrons. The molecule has 2 bridgehead atoms. The molecule has 0 aromatic heterocycles. The summed E-state index contributed by atoms with van der Waals surface area (Å²) in [7, 11) is 0. The van der Waals surface area contributed by atoms with E-state index in [0.29, 0.717) is 24.4 Å². The molecule has 7 nitrogen and oxygen atoms in total. The maximum atomic E-state index is 12.2. The molecule has 1 heterocycles. The van der Waals surface area contributed by atoms with Gasteiger partial charge in [-0.15, -0.1) is 0 Å². The molecule has 1 amide bonds. The Bertz CT molecular complexity index is 955. The van der Waals surface area contributed by atoms with Crippen LogP contribution in [-0.2, 0) is 19.1 Å². The van der Waals surface area contributed by atoms with Gasteiger partial charge in [-0.05, 0) is 72.2 Å². The maximum Gasteiger partial charge on any atom is 0.217 e. The first-order valence-electron chi connectivity index (χ1n) is 14.4. The fourth-order valence-corrected chi connectivity index (χ4v) is 9.49. The minimum Gasteiger partial charge on any atom is -0.384 e. The molecule has 3 fully saturated rings. The Kier molecular flexibility index (Phi) is 10.9. The van der Waals surface area contributed by atoms with Gasteiger partial charge >= 0.3 is 0 Å². The second-order valence-corrected chi connectivity index (χ2v) is 14.0. The number of fused-ring (bicyclic) bond motifs is 5. The van der Waals surface area contributed by atoms with E-state index in [0.717, 1.165) is 12.8 Å². The standard InChI is InChI=1S/C30H51NO5.CH2O.Ac/c1-15-12-23-30(34,14-35-23)25-19(5)28(10)13-22(36-26(33)20(6)31-21(7)32)17(3)24(27(28,8)9)16(2)18(4)29(15,25)11;1-2;/h15-16,18-20,22-23,25-26,33-34H,12-14H2,1-11H3,(H,31,32);1H2;. The molecule has 8 heteroatoms. The third-order valence-corrected chi connectivity index (χ3v) is 12.4. The largest absolute Gasteiger partial charge is 0.384 e. The van der Waals surface area contributed by atoms with Crippen LogP contribution in [0.3, 0.4) is 0 Å². The smallest absolute Gasteiger partial charge is 0.217 e. The van der Waals surface area contributed by atoms with Crippen LogP contribution in [-0.4, -0.2) is 59.7 Å². The number of hydrogen-bond donors (Lipinski definition) is 3. The summed E-state index contributed by atoms with van der Waals surface area (Å²) in [5.41, 5.74) is 1.51. The average molecular weight is 763 g/mol. The van der Waals surface area contributed by atoms with Crippen molar-refractivity contribution in [3.8, 4) is 0 Å². The second kappa shape index (κ2) is 12.0. The van der Waals surface area contributed by atoms with E-state index in [4.69, 9.17) is 14.3 Å².